The molecule has 0 unspecified atom stereocenters. The van der Waals surface area contributed by atoms with E-state index >= 15 is 0 Å². The smallest absolute Gasteiger partial charge is 0.225 e. The highest BCUT2D eigenvalue weighted by atomic mass is 16.5. The molecule has 2 heterocycles. The molecule has 1 aliphatic rings. The zero-order chi connectivity index (χ0) is 17.4. The summed E-state index contributed by atoms with van der Waals surface area (Å²) in [5.74, 6) is 0.863. The van der Waals surface area contributed by atoms with Gasteiger partial charge in [0.1, 0.15) is 11.3 Å². The summed E-state index contributed by atoms with van der Waals surface area (Å²) < 4.78 is 11.4. The number of para-hydroxylation sites is 1. The molecule has 25 heavy (non-hydrogen) atoms. The Morgan fingerprint density at radius 2 is 2.04 bits per heavy atom. The van der Waals surface area contributed by atoms with Crippen LogP contribution in [0.1, 0.15) is 34.7 Å². The minimum Gasteiger partial charge on any atom is -0.493 e. The quantitative estimate of drug-likeness (QED) is 0.779. The second kappa shape index (κ2) is 6.28. The van der Waals surface area contributed by atoms with Gasteiger partial charge in [0.25, 0.3) is 0 Å². The number of fused-ring (bicyclic) bond motifs is 2. The molecule has 0 spiro atoms. The minimum absolute atomic E-state index is 0.000374. The number of aryl methyl sites for hydroxylation is 2. The van der Waals surface area contributed by atoms with Gasteiger partial charge in [0.05, 0.1) is 25.3 Å². The topological polar surface area (TPSA) is 51.5 Å². The van der Waals surface area contributed by atoms with Crippen LogP contribution in [0, 0.1) is 13.8 Å². The van der Waals surface area contributed by atoms with E-state index in [0.717, 1.165) is 39.8 Å². The molecule has 3 aromatic rings. The number of furan rings is 1. The van der Waals surface area contributed by atoms with E-state index in [0.29, 0.717) is 13.0 Å². The molecule has 0 aliphatic carbocycles. The van der Waals surface area contributed by atoms with Crippen molar-refractivity contribution in [3.05, 3.63) is 64.9 Å². The molecule has 1 aliphatic heterocycles. The second-order valence-corrected chi connectivity index (χ2v) is 6.62. The first-order valence-corrected chi connectivity index (χ1v) is 8.61. The molecular formula is C21H21NO3. The molecule has 0 saturated heterocycles. The van der Waals surface area contributed by atoms with Crippen LogP contribution in [0.25, 0.3) is 11.0 Å². The predicted molar refractivity (Wildman–Crippen MR) is 96.8 cm³/mol. The van der Waals surface area contributed by atoms with Crippen LogP contribution in [0.4, 0.5) is 0 Å². The molecule has 128 valence electrons. The van der Waals surface area contributed by atoms with Gasteiger partial charge in [-0.25, -0.2) is 0 Å². The molecule has 1 atom stereocenters. The van der Waals surface area contributed by atoms with Crippen molar-refractivity contribution in [2.24, 2.45) is 0 Å². The monoisotopic (exact) mass is 335 g/mol. The number of hydrogen-bond acceptors (Lipinski definition) is 3. The Labute approximate surface area is 146 Å². The number of hydrogen-bond donors (Lipinski definition) is 1. The maximum absolute atomic E-state index is 12.6. The van der Waals surface area contributed by atoms with Gasteiger partial charge >= 0.3 is 0 Å². The maximum atomic E-state index is 12.6. The highest BCUT2D eigenvalue weighted by molar-refractivity contribution is 5.89. The Morgan fingerprint density at radius 1 is 1.20 bits per heavy atom. The molecule has 0 bridgehead atoms. The Bertz CT molecular complexity index is 941. The van der Waals surface area contributed by atoms with Crippen LogP contribution in [0.15, 0.2) is 47.1 Å². The largest absolute Gasteiger partial charge is 0.493 e. The van der Waals surface area contributed by atoms with Crippen molar-refractivity contribution in [2.75, 3.05) is 6.61 Å². The van der Waals surface area contributed by atoms with Gasteiger partial charge in [0.2, 0.25) is 5.91 Å². The van der Waals surface area contributed by atoms with E-state index in [1.54, 1.807) is 6.26 Å². The minimum atomic E-state index is -0.000374. The van der Waals surface area contributed by atoms with Crippen molar-refractivity contribution in [1.29, 1.82) is 0 Å². The number of ether oxygens (including phenoxy) is 1. The van der Waals surface area contributed by atoms with Gasteiger partial charge < -0.3 is 14.5 Å². The Balaban J connectivity index is 1.53. The summed E-state index contributed by atoms with van der Waals surface area (Å²) in [4.78, 5) is 12.6. The highest BCUT2D eigenvalue weighted by Gasteiger charge is 2.23. The molecule has 4 nitrogen and oxygen atoms in total. The number of nitrogens with one attached hydrogen (secondary N) is 1. The number of rotatable bonds is 3. The van der Waals surface area contributed by atoms with Crippen molar-refractivity contribution in [1.82, 2.24) is 5.32 Å². The van der Waals surface area contributed by atoms with Gasteiger partial charge in [0, 0.05) is 22.9 Å². The maximum Gasteiger partial charge on any atom is 0.225 e. The Kier molecular flexibility index (Phi) is 3.96. The van der Waals surface area contributed by atoms with Gasteiger partial charge in [-0.15, -0.1) is 0 Å². The molecule has 0 saturated carbocycles. The van der Waals surface area contributed by atoms with Gasteiger partial charge in [-0.3, -0.25) is 4.79 Å². The number of amides is 1. The fourth-order valence-corrected chi connectivity index (χ4v) is 3.44. The third-order valence-electron chi connectivity index (χ3n) is 4.99. The lowest BCUT2D eigenvalue weighted by atomic mass is 10.00. The van der Waals surface area contributed by atoms with Crippen LogP contribution in [-0.2, 0) is 11.2 Å². The molecule has 0 radical (unpaired) electrons. The van der Waals surface area contributed by atoms with Gasteiger partial charge in [0.15, 0.2) is 0 Å². The lowest BCUT2D eigenvalue weighted by Crippen LogP contribution is -2.33. The zero-order valence-corrected chi connectivity index (χ0v) is 14.5. The summed E-state index contributed by atoms with van der Waals surface area (Å²) in [6, 6.07) is 12.0. The molecule has 1 amide bonds. The average Bonchev–Trinajstić information content (AvgIpc) is 3.02. The third kappa shape index (κ3) is 2.88. The van der Waals surface area contributed by atoms with Crippen LogP contribution >= 0.6 is 0 Å². The molecule has 4 rings (SSSR count). The van der Waals surface area contributed by atoms with Crippen molar-refractivity contribution in [2.45, 2.75) is 32.7 Å². The summed E-state index contributed by atoms with van der Waals surface area (Å²) in [5.41, 5.74) is 5.17. The first-order valence-electron chi connectivity index (χ1n) is 8.61. The average molecular weight is 335 g/mol. The van der Waals surface area contributed by atoms with E-state index in [4.69, 9.17) is 9.15 Å². The van der Waals surface area contributed by atoms with E-state index in [2.05, 4.69) is 18.3 Å². The lowest BCUT2D eigenvalue weighted by molar-refractivity contribution is -0.121. The van der Waals surface area contributed by atoms with Crippen molar-refractivity contribution in [3.63, 3.8) is 0 Å². The SMILES string of the molecule is Cc1ccc2c(CC(=O)N[C@H]3CCOc4ccccc43)coc2c1C. The fourth-order valence-electron chi connectivity index (χ4n) is 3.44. The Hall–Kier alpha value is -2.75. The van der Waals surface area contributed by atoms with Crippen LogP contribution in [-0.4, -0.2) is 12.5 Å². The van der Waals surface area contributed by atoms with Crippen LogP contribution in [0.3, 0.4) is 0 Å². The standard InChI is InChI=1S/C21H21NO3/c1-13-7-8-16-15(12-25-21(16)14(13)2)11-20(23)22-18-9-10-24-19-6-4-3-5-17(18)19/h3-8,12,18H,9-11H2,1-2H3,(H,22,23)/t18-/m0/s1. The first kappa shape index (κ1) is 15.8. The second-order valence-electron chi connectivity index (χ2n) is 6.62. The van der Waals surface area contributed by atoms with Crippen molar-refractivity contribution >= 4 is 16.9 Å². The summed E-state index contributed by atoms with van der Waals surface area (Å²) in [6.45, 7) is 4.73. The normalized spacial score (nSPS) is 16.3. The number of carbonyl (C=O) groups is 1. The molecular weight excluding hydrogens is 314 g/mol. The van der Waals surface area contributed by atoms with Crippen molar-refractivity contribution < 1.29 is 13.9 Å². The fraction of sp³-hybridized carbons (Fsp3) is 0.286. The van der Waals surface area contributed by atoms with E-state index < -0.39 is 0 Å². The van der Waals surface area contributed by atoms with E-state index in [-0.39, 0.29) is 11.9 Å². The summed E-state index contributed by atoms with van der Waals surface area (Å²) in [6.07, 6.45) is 2.80. The van der Waals surface area contributed by atoms with Gasteiger partial charge in [-0.2, -0.15) is 0 Å². The van der Waals surface area contributed by atoms with E-state index in [1.165, 1.54) is 5.56 Å². The van der Waals surface area contributed by atoms with E-state index in [9.17, 15) is 4.79 Å². The molecule has 1 aromatic heterocycles. The number of carbonyl (C=O) groups excluding carboxylic acids is 1. The third-order valence-corrected chi connectivity index (χ3v) is 4.99. The van der Waals surface area contributed by atoms with E-state index in [1.807, 2.05) is 37.3 Å². The Morgan fingerprint density at radius 3 is 2.92 bits per heavy atom. The van der Waals surface area contributed by atoms with Gasteiger partial charge in [-0.1, -0.05) is 30.3 Å². The summed E-state index contributed by atoms with van der Waals surface area (Å²) in [5, 5.41) is 4.16. The van der Waals surface area contributed by atoms with Crippen LogP contribution < -0.4 is 10.1 Å². The van der Waals surface area contributed by atoms with Gasteiger partial charge in [-0.05, 0) is 31.0 Å². The molecule has 4 heteroatoms. The molecule has 2 aromatic carbocycles. The first-order chi connectivity index (χ1) is 12.1. The highest BCUT2D eigenvalue weighted by Crippen LogP contribution is 2.32. The summed E-state index contributed by atoms with van der Waals surface area (Å²) >= 11 is 0. The van der Waals surface area contributed by atoms with Crippen molar-refractivity contribution in [3.8, 4) is 5.75 Å². The predicted octanol–water partition coefficient (Wildman–Crippen LogP) is 4.23. The zero-order valence-electron chi connectivity index (χ0n) is 14.5. The molecule has 1 N–H and O–H groups in total. The van der Waals surface area contributed by atoms with Crippen LogP contribution in [0.2, 0.25) is 0 Å². The molecule has 0 fully saturated rings. The lowest BCUT2D eigenvalue weighted by Gasteiger charge is -2.26. The van der Waals surface area contributed by atoms with Crippen LogP contribution in [0.5, 0.6) is 5.75 Å². The summed E-state index contributed by atoms with van der Waals surface area (Å²) in [7, 11) is 0. The number of benzene rings is 2.